The summed E-state index contributed by atoms with van der Waals surface area (Å²) >= 11 is 6.07. The summed E-state index contributed by atoms with van der Waals surface area (Å²) in [5, 5.41) is 3.37. The monoisotopic (exact) mass is 413 g/mol. The zero-order valence-electron chi connectivity index (χ0n) is 17.5. The summed E-state index contributed by atoms with van der Waals surface area (Å²) in [6, 6.07) is 1.73. The van der Waals surface area contributed by atoms with Crippen LogP contribution in [-0.2, 0) is 4.79 Å². The maximum Gasteiger partial charge on any atom is 0.222 e. The van der Waals surface area contributed by atoms with Gasteiger partial charge in [0, 0.05) is 34.9 Å². The van der Waals surface area contributed by atoms with Crippen molar-refractivity contribution < 1.29 is 9.59 Å². The van der Waals surface area contributed by atoms with Crippen LogP contribution in [-0.4, -0.2) is 47.3 Å². The van der Waals surface area contributed by atoms with Gasteiger partial charge in [0.25, 0.3) is 0 Å². The van der Waals surface area contributed by atoms with Gasteiger partial charge >= 0.3 is 0 Å². The predicted molar refractivity (Wildman–Crippen MR) is 117 cm³/mol. The van der Waals surface area contributed by atoms with E-state index >= 15 is 0 Å². The topological polar surface area (TPSA) is 54.3 Å². The van der Waals surface area contributed by atoms with Crippen molar-refractivity contribution in [1.29, 1.82) is 0 Å². The van der Waals surface area contributed by atoms with Crippen LogP contribution in [0.3, 0.4) is 0 Å². The Morgan fingerprint density at radius 3 is 2.59 bits per heavy atom. The molecule has 1 aromatic rings. The molecule has 0 bridgehead atoms. The number of hydrogen-bond acceptors (Lipinski definition) is 3. The van der Waals surface area contributed by atoms with Gasteiger partial charge in [-0.1, -0.05) is 17.3 Å². The van der Waals surface area contributed by atoms with Crippen LogP contribution < -0.4 is 5.32 Å². The molecule has 1 atom stereocenters. The number of Topliss-reactive ketones (excluding diaryl/α,β-unsaturated/α-hetero) is 1. The maximum absolute atomic E-state index is 13.3. The first-order valence-electron chi connectivity index (χ1n) is 10.0. The molecule has 1 aliphatic carbocycles. The lowest BCUT2D eigenvalue weighted by Crippen LogP contribution is -2.46. The SMILES string of the molecule is CNC(=O)C1CCN(C(C)C(=O)c2cc(C)n(C3=C=CC=C(Cl)C=C3)c2C)CC1. The quantitative estimate of drug-likeness (QED) is 0.589. The third kappa shape index (κ3) is 4.48. The van der Waals surface area contributed by atoms with Crippen molar-refractivity contribution in [2.24, 2.45) is 5.92 Å². The van der Waals surface area contributed by atoms with Crippen molar-refractivity contribution in [3.63, 3.8) is 0 Å². The highest BCUT2D eigenvalue weighted by molar-refractivity contribution is 6.31. The number of piperidine rings is 1. The summed E-state index contributed by atoms with van der Waals surface area (Å²) < 4.78 is 2.04. The molecule has 3 rings (SSSR count). The molecule has 1 unspecified atom stereocenters. The van der Waals surface area contributed by atoms with Crippen LogP contribution >= 0.6 is 11.6 Å². The molecule has 154 valence electrons. The normalized spacial score (nSPS) is 18.8. The van der Waals surface area contributed by atoms with E-state index < -0.39 is 0 Å². The van der Waals surface area contributed by atoms with E-state index in [1.165, 1.54) is 0 Å². The van der Waals surface area contributed by atoms with E-state index in [0.29, 0.717) is 5.03 Å². The fraction of sp³-hybridized carbons (Fsp3) is 0.435. The number of aromatic nitrogens is 1. The minimum absolute atomic E-state index is 0.0461. The van der Waals surface area contributed by atoms with E-state index in [4.69, 9.17) is 11.6 Å². The van der Waals surface area contributed by atoms with Gasteiger partial charge in [-0.15, -0.1) is 0 Å². The van der Waals surface area contributed by atoms with Crippen LogP contribution in [0.1, 0.15) is 41.5 Å². The van der Waals surface area contributed by atoms with Crippen LogP contribution in [0.5, 0.6) is 0 Å². The van der Waals surface area contributed by atoms with Crippen LogP contribution in [0.25, 0.3) is 5.70 Å². The number of aryl methyl sites for hydroxylation is 1. The number of nitrogens with one attached hydrogen (secondary N) is 1. The summed E-state index contributed by atoms with van der Waals surface area (Å²) in [6.07, 6.45) is 8.88. The molecule has 0 saturated carbocycles. The molecular weight excluding hydrogens is 386 g/mol. The highest BCUT2D eigenvalue weighted by Crippen LogP contribution is 2.26. The van der Waals surface area contributed by atoms with Gasteiger partial charge in [0.1, 0.15) is 0 Å². The fourth-order valence-corrected chi connectivity index (χ4v) is 4.26. The Morgan fingerprint density at radius 2 is 1.93 bits per heavy atom. The number of amides is 1. The van der Waals surface area contributed by atoms with Crippen LogP contribution in [0.15, 0.2) is 41.1 Å². The lowest BCUT2D eigenvalue weighted by atomic mass is 9.93. The highest BCUT2D eigenvalue weighted by atomic mass is 35.5. The Balaban J connectivity index is 1.78. The zero-order chi connectivity index (χ0) is 21.1. The molecule has 1 aromatic heterocycles. The number of likely N-dealkylation sites (tertiary alicyclic amines) is 1. The Morgan fingerprint density at radius 1 is 1.24 bits per heavy atom. The Bertz CT molecular complexity index is 940. The van der Waals surface area contributed by atoms with Gasteiger partial charge in [0.2, 0.25) is 5.91 Å². The van der Waals surface area contributed by atoms with Gasteiger partial charge in [-0.25, -0.2) is 0 Å². The Hall–Kier alpha value is -2.33. The van der Waals surface area contributed by atoms with Crippen molar-refractivity contribution in [1.82, 2.24) is 14.8 Å². The molecule has 0 aromatic carbocycles. The van der Waals surface area contributed by atoms with E-state index in [9.17, 15) is 9.59 Å². The maximum atomic E-state index is 13.3. The first-order valence-corrected chi connectivity index (χ1v) is 10.4. The largest absolute Gasteiger partial charge is 0.359 e. The molecular formula is C23H28ClN3O2. The first-order chi connectivity index (χ1) is 13.8. The third-order valence-corrected chi connectivity index (χ3v) is 6.14. The molecule has 1 N–H and O–H groups in total. The smallest absolute Gasteiger partial charge is 0.222 e. The number of nitrogens with zero attached hydrogens (tertiary/aromatic N) is 2. The van der Waals surface area contributed by atoms with Gasteiger partial charge in [0.15, 0.2) is 5.78 Å². The third-order valence-electron chi connectivity index (χ3n) is 5.89. The van der Waals surface area contributed by atoms with Crippen molar-refractivity contribution in [3.05, 3.63) is 58.1 Å². The molecule has 1 saturated heterocycles. The van der Waals surface area contributed by atoms with Gasteiger partial charge in [0.05, 0.1) is 11.7 Å². The Kier molecular flexibility index (Phi) is 6.63. The van der Waals surface area contributed by atoms with Gasteiger partial charge < -0.3 is 9.88 Å². The van der Waals surface area contributed by atoms with Crippen molar-refractivity contribution in [2.75, 3.05) is 20.1 Å². The predicted octanol–water partition coefficient (Wildman–Crippen LogP) is 3.82. The van der Waals surface area contributed by atoms with Crippen molar-refractivity contribution >= 4 is 29.0 Å². The first kappa shape index (κ1) is 21.4. The molecule has 1 amide bonds. The number of carbonyl (C=O) groups is 2. The fourth-order valence-electron chi connectivity index (χ4n) is 4.13. The van der Waals surface area contributed by atoms with Crippen molar-refractivity contribution in [3.8, 4) is 0 Å². The second-order valence-corrected chi connectivity index (χ2v) is 8.10. The molecule has 29 heavy (non-hydrogen) atoms. The van der Waals surface area contributed by atoms with E-state index in [2.05, 4.69) is 15.9 Å². The Labute approximate surface area is 177 Å². The number of rotatable bonds is 5. The van der Waals surface area contributed by atoms with Crippen molar-refractivity contribution in [2.45, 2.75) is 39.7 Å². The summed E-state index contributed by atoms with van der Waals surface area (Å²) in [5.74, 6) is 0.255. The summed E-state index contributed by atoms with van der Waals surface area (Å²) in [4.78, 5) is 27.3. The molecule has 6 heteroatoms. The molecule has 5 nitrogen and oxygen atoms in total. The molecule has 1 aliphatic heterocycles. The molecule has 2 aliphatic rings. The molecule has 0 spiro atoms. The van der Waals surface area contributed by atoms with Gasteiger partial charge in [-0.2, -0.15) is 0 Å². The number of carbonyl (C=O) groups excluding carboxylic acids is 2. The van der Waals surface area contributed by atoms with Gasteiger partial charge in [-0.05, 0) is 77.1 Å². The average molecular weight is 414 g/mol. The number of ketones is 1. The highest BCUT2D eigenvalue weighted by Gasteiger charge is 2.31. The second kappa shape index (κ2) is 9.00. The van der Waals surface area contributed by atoms with E-state index in [1.807, 2.05) is 43.6 Å². The minimum atomic E-state index is -0.222. The summed E-state index contributed by atoms with van der Waals surface area (Å²) in [7, 11) is 1.68. The number of hydrogen-bond donors (Lipinski definition) is 1. The van der Waals surface area contributed by atoms with Gasteiger partial charge in [-0.3, -0.25) is 14.5 Å². The second-order valence-electron chi connectivity index (χ2n) is 7.67. The van der Waals surface area contributed by atoms with E-state index in [-0.39, 0.29) is 23.7 Å². The minimum Gasteiger partial charge on any atom is -0.359 e. The van der Waals surface area contributed by atoms with E-state index in [1.54, 1.807) is 19.2 Å². The average Bonchev–Trinajstić information content (AvgIpc) is 2.88. The van der Waals surface area contributed by atoms with E-state index in [0.717, 1.165) is 48.6 Å². The number of allylic oxidation sites excluding steroid dienone is 5. The summed E-state index contributed by atoms with van der Waals surface area (Å²) in [5.41, 5.74) is 6.69. The lowest BCUT2D eigenvalue weighted by molar-refractivity contribution is -0.126. The van der Waals surface area contributed by atoms with Crippen LogP contribution in [0, 0.1) is 19.8 Å². The summed E-state index contributed by atoms with van der Waals surface area (Å²) in [6.45, 7) is 7.43. The molecule has 0 radical (unpaired) electrons. The molecule has 1 fully saturated rings. The number of halogens is 1. The van der Waals surface area contributed by atoms with Crippen LogP contribution in [0.2, 0.25) is 0 Å². The lowest BCUT2D eigenvalue weighted by Gasteiger charge is -2.34. The zero-order valence-corrected chi connectivity index (χ0v) is 18.2. The molecule has 2 heterocycles. The van der Waals surface area contributed by atoms with Crippen LogP contribution in [0.4, 0.5) is 0 Å². The standard InChI is InChI=1S/C23H28ClN3O2/c1-15-14-21(16(2)27(15)20-7-5-6-19(24)8-9-20)22(28)17(3)26-12-10-18(11-13-26)23(29)25-4/h5-6,8-9,14,17-18H,10-13H2,1-4H3,(H,25,29).